The Morgan fingerprint density at radius 2 is 2.50 bits per heavy atom. The molecule has 0 aliphatic carbocycles. The molecule has 1 fully saturated rings. The summed E-state index contributed by atoms with van der Waals surface area (Å²) in [5, 5.41) is 0. The maximum atomic E-state index is 11.3. The van der Waals surface area contributed by atoms with Crippen LogP contribution in [0, 0.1) is 5.92 Å². The quantitative estimate of drug-likeness (QED) is 0.605. The van der Waals surface area contributed by atoms with Crippen molar-refractivity contribution < 1.29 is 4.79 Å². The second kappa shape index (κ2) is 3.72. The van der Waals surface area contributed by atoms with E-state index >= 15 is 0 Å². The van der Waals surface area contributed by atoms with Crippen LogP contribution in [-0.4, -0.2) is 29.9 Å². The molecule has 1 saturated heterocycles. The molecular weight excluding hydrogens is 152 g/mol. The van der Waals surface area contributed by atoms with Crippen molar-refractivity contribution in [3.63, 3.8) is 0 Å². The third-order valence-corrected chi connectivity index (χ3v) is 2.45. The van der Waals surface area contributed by atoms with Crippen LogP contribution in [0.3, 0.4) is 0 Å². The van der Waals surface area contributed by atoms with Crippen LogP contribution >= 0.6 is 0 Å². The number of rotatable bonds is 2. The third-order valence-electron chi connectivity index (χ3n) is 2.45. The molecule has 1 rings (SSSR count). The van der Waals surface area contributed by atoms with E-state index in [0.29, 0.717) is 18.5 Å². The molecule has 0 bridgehead atoms. The molecule has 2 unspecified atom stereocenters. The molecule has 1 heterocycles. The maximum absolute atomic E-state index is 11.3. The van der Waals surface area contributed by atoms with Gasteiger partial charge in [-0.3, -0.25) is 4.79 Å². The van der Waals surface area contributed by atoms with Gasteiger partial charge in [-0.25, -0.2) is 0 Å². The van der Waals surface area contributed by atoms with E-state index in [1.54, 1.807) is 0 Å². The van der Waals surface area contributed by atoms with Crippen molar-refractivity contribution in [1.82, 2.24) is 4.90 Å². The Hall–Kier alpha value is -0.830. The highest BCUT2D eigenvalue weighted by atomic mass is 16.2. The minimum absolute atomic E-state index is 0.0263. The molecule has 2 N–H and O–H groups in total. The molecule has 68 valence electrons. The Balaban J connectivity index is 2.57. The first-order valence-corrected chi connectivity index (χ1v) is 4.32. The first kappa shape index (κ1) is 9.26. The van der Waals surface area contributed by atoms with Crippen molar-refractivity contribution in [2.24, 2.45) is 11.7 Å². The highest BCUT2D eigenvalue weighted by Gasteiger charge is 2.29. The van der Waals surface area contributed by atoms with Gasteiger partial charge in [-0.15, -0.1) is 0 Å². The molecule has 12 heavy (non-hydrogen) atoms. The fraction of sp³-hybridized carbons (Fsp3) is 0.667. The minimum atomic E-state index is 0.0263. The van der Waals surface area contributed by atoms with Gasteiger partial charge in [0.2, 0.25) is 5.91 Å². The number of carbonyl (C=O) groups is 1. The normalized spacial score (nSPS) is 29.0. The molecule has 0 radical (unpaired) electrons. The molecule has 1 aliphatic rings. The molecule has 3 nitrogen and oxygen atoms in total. The van der Waals surface area contributed by atoms with Gasteiger partial charge in [0, 0.05) is 12.6 Å². The number of likely N-dealkylation sites (tertiary alicyclic amines) is 1. The molecule has 2 atom stereocenters. The van der Waals surface area contributed by atoms with Gasteiger partial charge in [0.05, 0.1) is 0 Å². The Kier molecular flexibility index (Phi) is 2.87. The highest BCUT2D eigenvalue weighted by Crippen LogP contribution is 2.21. The summed E-state index contributed by atoms with van der Waals surface area (Å²) in [4.78, 5) is 13.1. The standard InChI is InChI=1S/C9H16N2O/c1-3-9(12)11-6-8(5-10)4-7(11)2/h3,7-8H,1,4-6,10H2,2H3. The van der Waals surface area contributed by atoms with Gasteiger partial charge >= 0.3 is 0 Å². The molecule has 0 spiro atoms. The van der Waals surface area contributed by atoms with Gasteiger partial charge in [-0.2, -0.15) is 0 Å². The van der Waals surface area contributed by atoms with Gasteiger partial charge in [-0.05, 0) is 31.9 Å². The number of nitrogens with two attached hydrogens (primary N) is 1. The smallest absolute Gasteiger partial charge is 0.246 e. The summed E-state index contributed by atoms with van der Waals surface area (Å²) in [6.45, 7) is 6.99. The van der Waals surface area contributed by atoms with Crippen molar-refractivity contribution >= 4 is 5.91 Å². The molecule has 0 aromatic rings. The average molecular weight is 168 g/mol. The average Bonchev–Trinajstić information content (AvgIpc) is 2.45. The highest BCUT2D eigenvalue weighted by molar-refractivity contribution is 5.87. The maximum Gasteiger partial charge on any atom is 0.246 e. The fourth-order valence-electron chi connectivity index (χ4n) is 1.74. The zero-order valence-corrected chi connectivity index (χ0v) is 7.49. The lowest BCUT2D eigenvalue weighted by Crippen LogP contribution is -2.32. The van der Waals surface area contributed by atoms with Crippen molar-refractivity contribution in [2.75, 3.05) is 13.1 Å². The van der Waals surface area contributed by atoms with Crippen LogP contribution in [0.1, 0.15) is 13.3 Å². The SMILES string of the molecule is C=CC(=O)N1CC(CN)CC1C. The second-order valence-electron chi connectivity index (χ2n) is 3.38. The monoisotopic (exact) mass is 168 g/mol. The molecule has 0 aromatic carbocycles. The first-order valence-electron chi connectivity index (χ1n) is 4.32. The van der Waals surface area contributed by atoms with Crippen molar-refractivity contribution in [3.8, 4) is 0 Å². The van der Waals surface area contributed by atoms with E-state index in [1.165, 1.54) is 6.08 Å². The van der Waals surface area contributed by atoms with Crippen LogP contribution in [-0.2, 0) is 4.79 Å². The van der Waals surface area contributed by atoms with Crippen molar-refractivity contribution in [2.45, 2.75) is 19.4 Å². The largest absolute Gasteiger partial charge is 0.336 e. The zero-order valence-electron chi connectivity index (χ0n) is 7.49. The van der Waals surface area contributed by atoms with Crippen LogP contribution in [0.5, 0.6) is 0 Å². The summed E-state index contributed by atoms with van der Waals surface area (Å²) < 4.78 is 0. The van der Waals surface area contributed by atoms with Crippen molar-refractivity contribution in [1.29, 1.82) is 0 Å². The number of hydrogen-bond acceptors (Lipinski definition) is 2. The molecular formula is C9H16N2O. The van der Waals surface area contributed by atoms with Crippen LogP contribution < -0.4 is 5.73 Å². The molecule has 1 aliphatic heterocycles. The Morgan fingerprint density at radius 1 is 1.83 bits per heavy atom. The second-order valence-corrected chi connectivity index (χ2v) is 3.38. The molecule has 3 heteroatoms. The molecule has 0 aromatic heterocycles. The number of carbonyl (C=O) groups excluding carboxylic acids is 1. The fourth-order valence-corrected chi connectivity index (χ4v) is 1.74. The Bertz CT molecular complexity index is 191. The van der Waals surface area contributed by atoms with E-state index in [-0.39, 0.29) is 5.91 Å². The lowest BCUT2D eigenvalue weighted by atomic mass is 10.1. The van der Waals surface area contributed by atoms with E-state index in [9.17, 15) is 4.79 Å². The summed E-state index contributed by atoms with van der Waals surface area (Å²) in [7, 11) is 0. The number of amides is 1. The summed E-state index contributed by atoms with van der Waals surface area (Å²) in [6, 6.07) is 0.323. The number of hydrogen-bond donors (Lipinski definition) is 1. The Morgan fingerprint density at radius 3 is 2.92 bits per heavy atom. The van der Waals surface area contributed by atoms with Crippen LogP contribution in [0.2, 0.25) is 0 Å². The van der Waals surface area contributed by atoms with Gasteiger partial charge in [-0.1, -0.05) is 6.58 Å². The van der Waals surface area contributed by atoms with Crippen molar-refractivity contribution in [3.05, 3.63) is 12.7 Å². The summed E-state index contributed by atoms with van der Waals surface area (Å²) >= 11 is 0. The van der Waals surface area contributed by atoms with Gasteiger partial charge in [0.15, 0.2) is 0 Å². The zero-order chi connectivity index (χ0) is 9.14. The first-order chi connectivity index (χ1) is 5.69. The molecule has 0 saturated carbocycles. The lowest BCUT2D eigenvalue weighted by Gasteiger charge is -2.19. The van der Waals surface area contributed by atoms with E-state index in [0.717, 1.165) is 13.0 Å². The van der Waals surface area contributed by atoms with Gasteiger partial charge in [0.1, 0.15) is 0 Å². The predicted molar refractivity (Wildman–Crippen MR) is 48.5 cm³/mol. The number of nitrogens with zero attached hydrogens (tertiary/aromatic N) is 1. The third kappa shape index (κ3) is 1.67. The van der Waals surface area contributed by atoms with Crippen LogP contribution in [0.25, 0.3) is 0 Å². The topological polar surface area (TPSA) is 46.3 Å². The lowest BCUT2D eigenvalue weighted by molar-refractivity contribution is -0.126. The summed E-state index contributed by atoms with van der Waals surface area (Å²) in [5.41, 5.74) is 5.54. The predicted octanol–water partition coefficient (Wildman–Crippen LogP) is 0.368. The van der Waals surface area contributed by atoms with E-state index in [1.807, 2.05) is 4.90 Å². The van der Waals surface area contributed by atoms with E-state index < -0.39 is 0 Å². The van der Waals surface area contributed by atoms with Gasteiger partial charge in [0.25, 0.3) is 0 Å². The van der Waals surface area contributed by atoms with Crippen LogP contribution in [0.4, 0.5) is 0 Å². The summed E-state index contributed by atoms with van der Waals surface area (Å²) in [6.07, 6.45) is 2.39. The van der Waals surface area contributed by atoms with Crippen LogP contribution in [0.15, 0.2) is 12.7 Å². The van der Waals surface area contributed by atoms with Gasteiger partial charge < -0.3 is 10.6 Å². The minimum Gasteiger partial charge on any atom is -0.336 e. The van der Waals surface area contributed by atoms with E-state index in [2.05, 4.69) is 13.5 Å². The van der Waals surface area contributed by atoms with E-state index in [4.69, 9.17) is 5.73 Å². The Labute approximate surface area is 73.2 Å². The molecule has 1 amide bonds. The summed E-state index contributed by atoms with van der Waals surface area (Å²) in [5.74, 6) is 0.502.